The predicted molar refractivity (Wildman–Crippen MR) is 102 cm³/mol. The molecule has 0 radical (unpaired) electrons. The number of carbonyl (C=O) groups is 1. The zero-order valence-electron chi connectivity index (χ0n) is 15.3. The molecule has 5 heteroatoms. The van der Waals surface area contributed by atoms with E-state index in [4.69, 9.17) is 0 Å². The van der Waals surface area contributed by atoms with Crippen LogP contribution in [0.2, 0.25) is 0 Å². The van der Waals surface area contributed by atoms with Crippen LogP contribution < -0.4 is 0 Å². The van der Waals surface area contributed by atoms with Crippen molar-refractivity contribution < 1.29 is 13.6 Å². The molecule has 0 N–H and O–H groups in total. The number of rotatable bonds is 4. The lowest BCUT2D eigenvalue weighted by Crippen LogP contribution is -2.42. The quantitative estimate of drug-likeness (QED) is 0.800. The maximum absolute atomic E-state index is 14.7. The summed E-state index contributed by atoms with van der Waals surface area (Å²) in [4.78, 5) is 17.2. The Labute approximate surface area is 158 Å². The fourth-order valence-electron chi connectivity index (χ4n) is 4.26. The minimum atomic E-state index is -0.590. The first-order chi connectivity index (χ1) is 13.1. The normalized spacial score (nSPS) is 20.4. The molecule has 3 nitrogen and oxygen atoms in total. The summed E-state index contributed by atoms with van der Waals surface area (Å²) in [7, 11) is 0. The van der Waals surface area contributed by atoms with Crippen LogP contribution in [-0.4, -0.2) is 47.9 Å². The summed E-state index contributed by atoms with van der Waals surface area (Å²) in [5, 5.41) is 0. The van der Waals surface area contributed by atoms with E-state index in [1.807, 2.05) is 4.90 Å². The molecule has 0 saturated carbocycles. The highest BCUT2D eigenvalue weighted by molar-refractivity contribution is 5.95. The van der Waals surface area contributed by atoms with Gasteiger partial charge in [-0.25, -0.2) is 8.78 Å². The van der Waals surface area contributed by atoms with E-state index >= 15 is 0 Å². The highest BCUT2D eigenvalue weighted by Crippen LogP contribution is 2.27. The van der Waals surface area contributed by atoms with Crippen molar-refractivity contribution in [3.05, 3.63) is 59.7 Å². The molecule has 0 unspecified atom stereocenters. The van der Waals surface area contributed by atoms with Gasteiger partial charge in [-0.2, -0.15) is 0 Å². The topological polar surface area (TPSA) is 23.6 Å². The number of nitrogens with zero attached hydrogens (tertiary/aromatic N) is 2. The fraction of sp³-hybridized carbons (Fsp3) is 0.409. The maximum atomic E-state index is 14.7. The highest BCUT2D eigenvalue weighted by Gasteiger charge is 2.32. The van der Waals surface area contributed by atoms with E-state index in [2.05, 4.69) is 4.90 Å². The zero-order valence-corrected chi connectivity index (χ0v) is 15.3. The van der Waals surface area contributed by atoms with Gasteiger partial charge in [-0.05, 0) is 62.5 Å². The average molecular weight is 370 g/mol. The smallest absolute Gasteiger partial charge is 0.257 e. The molecule has 0 spiro atoms. The molecule has 4 rings (SSSR count). The van der Waals surface area contributed by atoms with Gasteiger partial charge in [0.1, 0.15) is 11.6 Å². The van der Waals surface area contributed by atoms with Crippen LogP contribution in [0.25, 0.3) is 11.1 Å². The van der Waals surface area contributed by atoms with Crippen LogP contribution in [0.3, 0.4) is 0 Å². The van der Waals surface area contributed by atoms with Crippen LogP contribution in [0.15, 0.2) is 42.5 Å². The van der Waals surface area contributed by atoms with Crippen molar-refractivity contribution in [1.82, 2.24) is 9.80 Å². The van der Waals surface area contributed by atoms with E-state index < -0.39 is 11.6 Å². The number of benzene rings is 2. The SMILES string of the molecule is O=C(c1ccc(-c2ccccc2F)cc1F)N1CCC[C@H]1CN1CCCC1. The minimum Gasteiger partial charge on any atom is -0.334 e. The lowest BCUT2D eigenvalue weighted by molar-refractivity contribution is 0.0704. The van der Waals surface area contributed by atoms with E-state index in [-0.39, 0.29) is 17.5 Å². The van der Waals surface area contributed by atoms with Gasteiger partial charge in [0.15, 0.2) is 0 Å². The molecule has 0 aliphatic carbocycles. The molecule has 2 heterocycles. The molecule has 2 aliphatic rings. The Morgan fingerprint density at radius 3 is 2.48 bits per heavy atom. The Morgan fingerprint density at radius 2 is 1.74 bits per heavy atom. The third-order valence-electron chi connectivity index (χ3n) is 5.69. The van der Waals surface area contributed by atoms with E-state index in [1.54, 1.807) is 24.3 Å². The molecule has 2 aliphatic heterocycles. The van der Waals surface area contributed by atoms with Crippen molar-refractivity contribution in [1.29, 1.82) is 0 Å². The van der Waals surface area contributed by atoms with Crippen LogP contribution in [-0.2, 0) is 0 Å². The van der Waals surface area contributed by atoms with Gasteiger partial charge in [-0.1, -0.05) is 24.3 Å². The van der Waals surface area contributed by atoms with Gasteiger partial charge in [0.2, 0.25) is 0 Å². The van der Waals surface area contributed by atoms with E-state index in [9.17, 15) is 13.6 Å². The standard InChI is InChI=1S/C22H24F2N2O/c23-20-8-2-1-7-18(20)16-9-10-19(21(24)14-16)22(27)26-13-5-6-17(26)15-25-11-3-4-12-25/h1-2,7-10,14,17H,3-6,11-13,15H2/t17-/m0/s1. The van der Waals surface area contributed by atoms with E-state index in [1.165, 1.54) is 31.0 Å². The molecule has 2 saturated heterocycles. The lowest BCUT2D eigenvalue weighted by Gasteiger charge is -2.28. The second-order valence-corrected chi connectivity index (χ2v) is 7.48. The Kier molecular flexibility index (Phi) is 5.21. The van der Waals surface area contributed by atoms with Crippen molar-refractivity contribution in [3.8, 4) is 11.1 Å². The van der Waals surface area contributed by atoms with Gasteiger partial charge in [0.25, 0.3) is 5.91 Å². The van der Waals surface area contributed by atoms with Crippen molar-refractivity contribution >= 4 is 5.91 Å². The van der Waals surface area contributed by atoms with E-state index in [0.29, 0.717) is 17.7 Å². The van der Waals surface area contributed by atoms with Crippen molar-refractivity contribution in [2.24, 2.45) is 0 Å². The first-order valence-electron chi connectivity index (χ1n) is 9.71. The molecule has 1 amide bonds. The molecule has 27 heavy (non-hydrogen) atoms. The van der Waals surface area contributed by atoms with Crippen molar-refractivity contribution in [3.63, 3.8) is 0 Å². The molecule has 0 bridgehead atoms. The molecule has 1 atom stereocenters. The van der Waals surface area contributed by atoms with Gasteiger partial charge >= 0.3 is 0 Å². The zero-order chi connectivity index (χ0) is 18.8. The van der Waals surface area contributed by atoms with Gasteiger partial charge < -0.3 is 9.80 Å². The Hall–Kier alpha value is -2.27. The van der Waals surface area contributed by atoms with Crippen molar-refractivity contribution in [2.75, 3.05) is 26.2 Å². The molecular weight excluding hydrogens is 346 g/mol. The number of hydrogen-bond donors (Lipinski definition) is 0. The molecule has 2 aromatic rings. The van der Waals surface area contributed by atoms with Gasteiger partial charge in [-0.15, -0.1) is 0 Å². The average Bonchev–Trinajstić information content (AvgIpc) is 3.34. The summed E-state index contributed by atoms with van der Waals surface area (Å²) in [6, 6.07) is 10.8. The van der Waals surface area contributed by atoms with Crippen LogP contribution in [0.4, 0.5) is 8.78 Å². The summed E-state index contributed by atoms with van der Waals surface area (Å²) >= 11 is 0. The predicted octanol–water partition coefficient (Wildman–Crippen LogP) is 4.33. The number of halogens is 2. The van der Waals surface area contributed by atoms with Crippen molar-refractivity contribution in [2.45, 2.75) is 31.7 Å². The molecule has 0 aromatic heterocycles. The summed E-state index contributed by atoms with van der Waals surface area (Å²) in [5.74, 6) is -1.25. The molecule has 142 valence electrons. The van der Waals surface area contributed by atoms with Gasteiger partial charge in [0, 0.05) is 24.7 Å². The molecule has 2 fully saturated rings. The van der Waals surface area contributed by atoms with Crippen LogP contribution in [0.1, 0.15) is 36.0 Å². The Morgan fingerprint density at radius 1 is 0.963 bits per heavy atom. The first kappa shape index (κ1) is 18.1. The highest BCUT2D eigenvalue weighted by atomic mass is 19.1. The van der Waals surface area contributed by atoms with Crippen LogP contribution in [0.5, 0.6) is 0 Å². The Balaban J connectivity index is 1.54. The summed E-state index contributed by atoms with van der Waals surface area (Å²) < 4.78 is 28.7. The van der Waals surface area contributed by atoms with E-state index in [0.717, 1.165) is 32.5 Å². The van der Waals surface area contributed by atoms with Crippen LogP contribution >= 0.6 is 0 Å². The maximum Gasteiger partial charge on any atom is 0.257 e. The summed E-state index contributed by atoms with van der Waals surface area (Å²) in [6.45, 7) is 3.72. The third-order valence-corrected chi connectivity index (χ3v) is 5.69. The second kappa shape index (κ2) is 7.77. The number of amides is 1. The fourth-order valence-corrected chi connectivity index (χ4v) is 4.26. The van der Waals surface area contributed by atoms with Gasteiger partial charge in [-0.3, -0.25) is 4.79 Å². The summed E-state index contributed by atoms with van der Waals surface area (Å²) in [6.07, 6.45) is 4.36. The summed E-state index contributed by atoms with van der Waals surface area (Å²) in [5.41, 5.74) is 0.851. The number of likely N-dealkylation sites (tertiary alicyclic amines) is 2. The van der Waals surface area contributed by atoms with Gasteiger partial charge in [0.05, 0.1) is 5.56 Å². The minimum absolute atomic E-state index is 0.0726. The second-order valence-electron chi connectivity index (χ2n) is 7.48. The molecule has 2 aromatic carbocycles. The third kappa shape index (κ3) is 3.74. The number of carbonyl (C=O) groups excluding carboxylic acids is 1. The monoisotopic (exact) mass is 370 g/mol. The first-order valence-corrected chi connectivity index (χ1v) is 9.71. The number of hydrogen-bond acceptors (Lipinski definition) is 2. The Bertz CT molecular complexity index is 833. The largest absolute Gasteiger partial charge is 0.334 e. The lowest BCUT2D eigenvalue weighted by atomic mass is 10.0. The van der Waals surface area contributed by atoms with Crippen LogP contribution in [0, 0.1) is 11.6 Å². The molecular formula is C22H24F2N2O.